The van der Waals surface area contributed by atoms with Crippen molar-refractivity contribution in [3.63, 3.8) is 0 Å². The van der Waals surface area contributed by atoms with E-state index in [4.69, 9.17) is 4.74 Å². The number of anilines is 1. The molecule has 1 aromatic carbocycles. The molecule has 19 heavy (non-hydrogen) atoms. The van der Waals surface area contributed by atoms with Crippen molar-refractivity contribution in [3.05, 3.63) is 28.0 Å². The number of hydrogen-bond acceptors (Lipinski definition) is 4. The highest BCUT2D eigenvalue weighted by molar-refractivity contribution is 9.10. The molecule has 0 aromatic heterocycles. The van der Waals surface area contributed by atoms with E-state index in [9.17, 15) is 9.18 Å². The third-order valence-electron chi connectivity index (χ3n) is 2.99. The van der Waals surface area contributed by atoms with Gasteiger partial charge in [-0.25, -0.2) is 4.39 Å². The molecule has 0 radical (unpaired) electrons. The third-order valence-corrected chi connectivity index (χ3v) is 3.62. The highest BCUT2D eigenvalue weighted by Gasteiger charge is 2.29. The van der Waals surface area contributed by atoms with Gasteiger partial charge in [0, 0.05) is 10.0 Å². The smallest absolute Gasteiger partial charge is 0.276 e. The molecule has 0 saturated carbocycles. The molecule has 5 nitrogen and oxygen atoms in total. The largest absolute Gasteiger partial charge is 0.378 e. The molecule has 1 amide bonds. The normalized spacial score (nSPS) is 20.6. The lowest BCUT2D eigenvalue weighted by molar-refractivity contribution is -0.110. The maximum absolute atomic E-state index is 13.4. The molecule has 0 bridgehead atoms. The average Bonchev–Trinajstić information content (AvgIpc) is 2.69. The van der Waals surface area contributed by atoms with Crippen LogP contribution in [0.5, 0.6) is 0 Å². The van der Waals surface area contributed by atoms with Crippen molar-refractivity contribution in [2.45, 2.75) is 0 Å². The van der Waals surface area contributed by atoms with Gasteiger partial charge in [0.25, 0.3) is 5.91 Å². The summed E-state index contributed by atoms with van der Waals surface area (Å²) in [5.41, 5.74) is 1.30. The van der Waals surface area contributed by atoms with Crippen molar-refractivity contribution in [2.24, 2.45) is 5.10 Å². The van der Waals surface area contributed by atoms with Crippen molar-refractivity contribution in [1.82, 2.24) is 5.01 Å². The van der Waals surface area contributed by atoms with Gasteiger partial charge in [-0.15, -0.1) is 0 Å². The Labute approximate surface area is 117 Å². The van der Waals surface area contributed by atoms with Crippen LogP contribution in [0.2, 0.25) is 0 Å². The van der Waals surface area contributed by atoms with E-state index in [1.807, 2.05) is 0 Å². The second-order valence-electron chi connectivity index (χ2n) is 4.28. The first-order chi connectivity index (χ1) is 9.15. The number of amides is 1. The maximum atomic E-state index is 13.4. The van der Waals surface area contributed by atoms with E-state index >= 15 is 0 Å². The Kier molecular flexibility index (Phi) is 3.24. The lowest BCUT2D eigenvalue weighted by atomic mass is 10.1. The molecule has 1 fully saturated rings. The molecule has 100 valence electrons. The van der Waals surface area contributed by atoms with Gasteiger partial charge >= 0.3 is 0 Å². The van der Waals surface area contributed by atoms with Crippen LogP contribution in [-0.4, -0.2) is 42.9 Å². The summed E-state index contributed by atoms with van der Waals surface area (Å²) in [4.78, 5) is 11.9. The number of rotatable bonds is 1. The van der Waals surface area contributed by atoms with Gasteiger partial charge in [0.15, 0.2) is 5.71 Å². The van der Waals surface area contributed by atoms with Crippen molar-refractivity contribution < 1.29 is 13.9 Å². The number of carbonyl (C=O) groups is 1. The fourth-order valence-electron chi connectivity index (χ4n) is 2.08. The first kappa shape index (κ1) is 12.6. The molecule has 1 N–H and O–H groups in total. The zero-order valence-electron chi connectivity index (χ0n) is 9.95. The van der Waals surface area contributed by atoms with Crippen molar-refractivity contribution >= 4 is 33.2 Å². The van der Waals surface area contributed by atoms with Crippen LogP contribution in [0.4, 0.5) is 10.1 Å². The third kappa shape index (κ3) is 2.35. The zero-order valence-corrected chi connectivity index (χ0v) is 11.5. The topological polar surface area (TPSA) is 53.9 Å². The van der Waals surface area contributed by atoms with E-state index in [-0.39, 0.29) is 11.6 Å². The Hall–Kier alpha value is -1.47. The number of carbonyl (C=O) groups excluding carboxylic acids is 1. The molecule has 0 atom stereocenters. The number of hydrazone groups is 1. The molecule has 0 aliphatic carbocycles. The van der Waals surface area contributed by atoms with E-state index < -0.39 is 5.82 Å². The SMILES string of the molecule is O=C1Nc2c(Br)cc(F)cc2/C1=N\N1CCOCC1. The van der Waals surface area contributed by atoms with E-state index in [1.165, 1.54) is 12.1 Å². The lowest BCUT2D eigenvalue weighted by Crippen LogP contribution is -2.34. The minimum absolute atomic E-state index is 0.247. The Morgan fingerprint density at radius 2 is 2.11 bits per heavy atom. The van der Waals surface area contributed by atoms with Crippen LogP contribution in [0, 0.1) is 5.82 Å². The fraction of sp³-hybridized carbons (Fsp3) is 0.333. The summed E-state index contributed by atoms with van der Waals surface area (Å²) < 4.78 is 19.2. The van der Waals surface area contributed by atoms with Gasteiger partial charge in [-0.2, -0.15) is 5.10 Å². The minimum Gasteiger partial charge on any atom is -0.378 e. The summed E-state index contributed by atoms with van der Waals surface area (Å²) in [6.07, 6.45) is 0. The lowest BCUT2D eigenvalue weighted by Gasteiger charge is -2.24. The highest BCUT2D eigenvalue weighted by atomic mass is 79.9. The van der Waals surface area contributed by atoms with Crippen LogP contribution in [0.25, 0.3) is 0 Å². The summed E-state index contributed by atoms with van der Waals surface area (Å²) in [6, 6.07) is 2.63. The maximum Gasteiger partial charge on any atom is 0.276 e. The fourth-order valence-corrected chi connectivity index (χ4v) is 2.61. The highest BCUT2D eigenvalue weighted by Crippen LogP contribution is 2.32. The average molecular weight is 328 g/mol. The molecule has 2 aliphatic rings. The van der Waals surface area contributed by atoms with Gasteiger partial charge in [-0.05, 0) is 28.1 Å². The quantitative estimate of drug-likeness (QED) is 0.852. The van der Waals surface area contributed by atoms with Crippen molar-refractivity contribution in [2.75, 3.05) is 31.6 Å². The van der Waals surface area contributed by atoms with Crippen molar-refractivity contribution in [3.8, 4) is 0 Å². The van der Waals surface area contributed by atoms with Crippen LogP contribution in [-0.2, 0) is 9.53 Å². The van der Waals surface area contributed by atoms with E-state index in [2.05, 4.69) is 26.3 Å². The summed E-state index contributed by atoms with van der Waals surface area (Å²) in [7, 11) is 0. The van der Waals surface area contributed by atoms with Crippen LogP contribution < -0.4 is 5.32 Å². The second-order valence-corrected chi connectivity index (χ2v) is 5.13. The van der Waals surface area contributed by atoms with Gasteiger partial charge in [0.1, 0.15) is 5.82 Å². The van der Waals surface area contributed by atoms with Crippen molar-refractivity contribution in [1.29, 1.82) is 0 Å². The van der Waals surface area contributed by atoms with Crippen LogP contribution >= 0.6 is 15.9 Å². The molecule has 1 saturated heterocycles. The number of nitrogens with one attached hydrogen (secondary N) is 1. The first-order valence-corrected chi connectivity index (χ1v) is 6.66. The molecular weight excluding hydrogens is 317 g/mol. The van der Waals surface area contributed by atoms with Gasteiger partial charge in [0.05, 0.1) is 32.0 Å². The Morgan fingerprint density at radius 3 is 2.84 bits per heavy atom. The molecule has 1 aromatic rings. The predicted octanol–water partition coefficient (Wildman–Crippen LogP) is 1.58. The molecular formula is C12H11BrFN3O2. The number of benzene rings is 1. The molecule has 7 heteroatoms. The summed E-state index contributed by atoms with van der Waals surface area (Å²) in [5, 5.41) is 8.77. The molecule has 2 heterocycles. The number of hydrogen-bond donors (Lipinski definition) is 1. The minimum atomic E-state index is -0.406. The first-order valence-electron chi connectivity index (χ1n) is 5.87. The van der Waals surface area contributed by atoms with Gasteiger partial charge in [0.2, 0.25) is 0 Å². The summed E-state index contributed by atoms with van der Waals surface area (Å²) in [6.45, 7) is 2.42. The van der Waals surface area contributed by atoms with Gasteiger partial charge in [-0.3, -0.25) is 9.80 Å². The standard InChI is InChI=1S/C12H11BrFN3O2/c13-9-6-7(14)5-8-10(9)15-12(18)11(8)16-17-1-3-19-4-2-17/h5-6H,1-4H2,(H,15,16,18). The summed E-state index contributed by atoms with van der Waals surface area (Å²) >= 11 is 3.23. The van der Waals surface area contributed by atoms with E-state index in [1.54, 1.807) is 5.01 Å². The van der Waals surface area contributed by atoms with E-state index in [0.717, 1.165) is 0 Å². The Bertz CT molecular complexity index is 570. The number of halogens is 2. The number of morpholine rings is 1. The monoisotopic (exact) mass is 327 g/mol. The van der Waals surface area contributed by atoms with Crippen LogP contribution in [0.3, 0.4) is 0 Å². The predicted molar refractivity (Wildman–Crippen MR) is 71.7 cm³/mol. The Balaban J connectivity index is 1.99. The number of fused-ring (bicyclic) bond motifs is 1. The van der Waals surface area contributed by atoms with Gasteiger partial charge in [-0.1, -0.05) is 0 Å². The number of ether oxygens (including phenoxy) is 1. The molecule has 0 spiro atoms. The van der Waals surface area contributed by atoms with Crippen LogP contribution in [0.15, 0.2) is 21.7 Å². The molecule has 0 unspecified atom stereocenters. The summed E-state index contributed by atoms with van der Waals surface area (Å²) in [5.74, 6) is -0.718. The van der Waals surface area contributed by atoms with Gasteiger partial charge < -0.3 is 10.1 Å². The second kappa shape index (κ2) is 4.90. The Morgan fingerprint density at radius 1 is 1.37 bits per heavy atom. The van der Waals surface area contributed by atoms with Crippen LogP contribution in [0.1, 0.15) is 5.56 Å². The van der Waals surface area contributed by atoms with E-state index in [0.29, 0.717) is 42.0 Å². The zero-order chi connectivity index (χ0) is 13.4. The molecule has 2 aliphatic heterocycles. The number of nitrogens with zero attached hydrogens (tertiary/aromatic N) is 2. The molecule has 3 rings (SSSR count).